The van der Waals surface area contributed by atoms with Crippen LogP contribution in [0.3, 0.4) is 0 Å². The standard InChI is InChI=1S/C15H14Br2N2O/c1-9-5-12(16)15(13(17)6-9)19-14(20)8-10-3-2-4-11(18)7-10/h2-7H,8,18H2,1H3,(H,19,20). The molecule has 0 aliphatic carbocycles. The minimum Gasteiger partial charge on any atom is -0.399 e. The number of hydrogen-bond donors (Lipinski definition) is 2. The van der Waals surface area contributed by atoms with Gasteiger partial charge in [0.15, 0.2) is 0 Å². The molecule has 3 N–H and O–H groups in total. The smallest absolute Gasteiger partial charge is 0.228 e. The molecule has 20 heavy (non-hydrogen) atoms. The topological polar surface area (TPSA) is 55.1 Å². The highest BCUT2D eigenvalue weighted by Crippen LogP contribution is 2.32. The van der Waals surface area contributed by atoms with Gasteiger partial charge in [-0.3, -0.25) is 4.79 Å². The van der Waals surface area contributed by atoms with Crippen molar-refractivity contribution in [2.24, 2.45) is 0 Å². The van der Waals surface area contributed by atoms with E-state index in [9.17, 15) is 4.79 Å². The van der Waals surface area contributed by atoms with Crippen LogP contribution in [-0.2, 0) is 11.2 Å². The molecule has 0 fully saturated rings. The summed E-state index contributed by atoms with van der Waals surface area (Å²) in [5.74, 6) is -0.0825. The van der Waals surface area contributed by atoms with Crippen molar-refractivity contribution in [2.45, 2.75) is 13.3 Å². The van der Waals surface area contributed by atoms with E-state index < -0.39 is 0 Å². The van der Waals surface area contributed by atoms with Crippen LogP contribution in [-0.4, -0.2) is 5.91 Å². The SMILES string of the molecule is Cc1cc(Br)c(NC(=O)Cc2cccc(N)c2)c(Br)c1. The second-order valence-electron chi connectivity index (χ2n) is 4.57. The van der Waals surface area contributed by atoms with Crippen LogP contribution in [0, 0.1) is 6.92 Å². The molecule has 5 heteroatoms. The number of hydrogen-bond acceptors (Lipinski definition) is 2. The second kappa shape index (κ2) is 6.41. The van der Waals surface area contributed by atoms with Crippen molar-refractivity contribution in [3.63, 3.8) is 0 Å². The summed E-state index contributed by atoms with van der Waals surface area (Å²) in [4.78, 5) is 12.1. The van der Waals surface area contributed by atoms with Gasteiger partial charge in [0.05, 0.1) is 12.1 Å². The molecule has 2 aromatic rings. The molecule has 0 aliphatic rings. The van der Waals surface area contributed by atoms with Gasteiger partial charge in [-0.15, -0.1) is 0 Å². The Morgan fingerprint density at radius 3 is 2.45 bits per heavy atom. The van der Waals surface area contributed by atoms with Gasteiger partial charge in [-0.25, -0.2) is 0 Å². The minimum atomic E-state index is -0.0825. The number of halogens is 2. The average molecular weight is 398 g/mol. The first-order chi connectivity index (χ1) is 9.45. The van der Waals surface area contributed by atoms with Crippen molar-refractivity contribution >= 4 is 49.1 Å². The summed E-state index contributed by atoms with van der Waals surface area (Å²) < 4.78 is 1.70. The molecule has 0 atom stereocenters. The normalized spacial score (nSPS) is 10.3. The van der Waals surface area contributed by atoms with Crippen molar-refractivity contribution < 1.29 is 4.79 Å². The van der Waals surface area contributed by atoms with Crippen LogP contribution >= 0.6 is 31.9 Å². The minimum absolute atomic E-state index is 0.0825. The van der Waals surface area contributed by atoms with Crippen molar-refractivity contribution in [3.05, 3.63) is 56.5 Å². The van der Waals surface area contributed by atoms with Crippen molar-refractivity contribution in [3.8, 4) is 0 Å². The summed E-state index contributed by atoms with van der Waals surface area (Å²) in [6.07, 6.45) is 0.289. The summed E-state index contributed by atoms with van der Waals surface area (Å²) in [6.45, 7) is 1.99. The van der Waals surface area contributed by atoms with Gasteiger partial charge < -0.3 is 11.1 Å². The molecule has 0 aliphatic heterocycles. The second-order valence-corrected chi connectivity index (χ2v) is 6.28. The van der Waals surface area contributed by atoms with E-state index in [0.29, 0.717) is 5.69 Å². The number of aryl methyl sites for hydroxylation is 1. The molecule has 104 valence electrons. The van der Waals surface area contributed by atoms with E-state index in [1.807, 2.05) is 31.2 Å². The Balaban J connectivity index is 2.13. The van der Waals surface area contributed by atoms with E-state index in [1.54, 1.807) is 12.1 Å². The molecular weight excluding hydrogens is 384 g/mol. The molecule has 0 unspecified atom stereocenters. The third kappa shape index (κ3) is 3.84. The Morgan fingerprint density at radius 2 is 1.85 bits per heavy atom. The van der Waals surface area contributed by atoms with Crippen molar-refractivity contribution in [1.82, 2.24) is 0 Å². The van der Waals surface area contributed by atoms with E-state index in [0.717, 1.165) is 25.8 Å². The fourth-order valence-corrected chi connectivity index (χ4v) is 3.50. The van der Waals surface area contributed by atoms with Crippen LogP contribution in [0.5, 0.6) is 0 Å². The summed E-state index contributed by atoms with van der Waals surface area (Å²) in [7, 11) is 0. The van der Waals surface area contributed by atoms with E-state index in [4.69, 9.17) is 5.73 Å². The molecular formula is C15H14Br2N2O. The number of nitrogens with two attached hydrogens (primary N) is 1. The fraction of sp³-hybridized carbons (Fsp3) is 0.133. The third-order valence-corrected chi connectivity index (χ3v) is 4.02. The Morgan fingerprint density at radius 1 is 1.20 bits per heavy atom. The number of carbonyl (C=O) groups excluding carboxylic acids is 1. The number of rotatable bonds is 3. The van der Waals surface area contributed by atoms with Gasteiger partial charge in [-0.05, 0) is 74.2 Å². The lowest BCUT2D eigenvalue weighted by molar-refractivity contribution is -0.115. The van der Waals surface area contributed by atoms with Gasteiger partial charge >= 0.3 is 0 Å². The molecule has 2 aromatic carbocycles. The molecule has 3 nitrogen and oxygen atoms in total. The summed E-state index contributed by atoms with van der Waals surface area (Å²) in [6, 6.07) is 11.2. The lowest BCUT2D eigenvalue weighted by Crippen LogP contribution is -2.15. The van der Waals surface area contributed by atoms with Gasteiger partial charge in [0.1, 0.15) is 0 Å². The number of anilines is 2. The molecule has 2 rings (SSSR count). The Kier molecular flexibility index (Phi) is 4.83. The zero-order valence-corrected chi connectivity index (χ0v) is 14.1. The van der Waals surface area contributed by atoms with Gasteiger partial charge in [0.2, 0.25) is 5.91 Å². The van der Waals surface area contributed by atoms with Crippen LogP contribution in [0.1, 0.15) is 11.1 Å². The van der Waals surface area contributed by atoms with E-state index >= 15 is 0 Å². The highest BCUT2D eigenvalue weighted by atomic mass is 79.9. The zero-order valence-electron chi connectivity index (χ0n) is 10.9. The van der Waals surface area contributed by atoms with Gasteiger partial charge in [-0.2, -0.15) is 0 Å². The number of nitrogen functional groups attached to an aromatic ring is 1. The lowest BCUT2D eigenvalue weighted by Gasteiger charge is -2.11. The molecule has 0 aromatic heterocycles. The maximum Gasteiger partial charge on any atom is 0.228 e. The van der Waals surface area contributed by atoms with Crippen LogP contribution in [0.4, 0.5) is 11.4 Å². The quantitative estimate of drug-likeness (QED) is 0.759. The highest BCUT2D eigenvalue weighted by molar-refractivity contribution is 9.11. The summed E-state index contributed by atoms with van der Waals surface area (Å²) >= 11 is 6.92. The van der Waals surface area contributed by atoms with Crippen LogP contribution in [0.15, 0.2) is 45.3 Å². The molecule has 0 spiro atoms. The van der Waals surface area contributed by atoms with Gasteiger partial charge in [0, 0.05) is 14.6 Å². The first-order valence-corrected chi connectivity index (χ1v) is 7.64. The van der Waals surface area contributed by atoms with E-state index in [2.05, 4.69) is 37.2 Å². The average Bonchev–Trinajstić information content (AvgIpc) is 2.33. The maximum absolute atomic E-state index is 12.1. The highest BCUT2D eigenvalue weighted by Gasteiger charge is 2.10. The van der Waals surface area contributed by atoms with E-state index in [-0.39, 0.29) is 12.3 Å². The first-order valence-electron chi connectivity index (χ1n) is 6.05. The number of nitrogens with one attached hydrogen (secondary N) is 1. The maximum atomic E-state index is 12.1. The van der Waals surface area contributed by atoms with Gasteiger partial charge in [0.25, 0.3) is 0 Å². The monoisotopic (exact) mass is 396 g/mol. The van der Waals surface area contributed by atoms with Crippen LogP contribution in [0.2, 0.25) is 0 Å². The molecule has 0 heterocycles. The Labute approximate surface area is 134 Å². The molecule has 0 radical (unpaired) electrons. The molecule has 0 saturated carbocycles. The molecule has 0 saturated heterocycles. The van der Waals surface area contributed by atoms with E-state index in [1.165, 1.54) is 0 Å². The lowest BCUT2D eigenvalue weighted by atomic mass is 10.1. The van der Waals surface area contributed by atoms with Crippen LogP contribution in [0.25, 0.3) is 0 Å². The van der Waals surface area contributed by atoms with Crippen LogP contribution < -0.4 is 11.1 Å². The number of benzene rings is 2. The number of carbonyl (C=O) groups is 1. The Hall–Kier alpha value is -1.33. The fourth-order valence-electron chi connectivity index (χ4n) is 1.89. The third-order valence-electron chi connectivity index (χ3n) is 2.77. The number of amides is 1. The Bertz CT molecular complexity index is 633. The largest absolute Gasteiger partial charge is 0.399 e. The zero-order chi connectivity index (χ0) is 14.7. The molecule has 0 bridgehead atoms. The summed E-state index contributed by atoms with van der Waals surface area (Å²) in [5.41, 5.74) is 9.11. The predicted octanol–water partition coefficient (Wildman–Crippen LogP) is 4.28. The summed E-state index contributed by atoms with van der Waals surface area (Å²) in [5, 5.41) is 2.90. The van der Waals surface area contributed by atoms with Crippen molar-refractivity contribution in [2.75, 3.05) is 11.1 Å². The van der Waals surface area contributed by atoms with Crippen molar-refractivity contribution in [1.29, 1.82) is 0 Å². The predicted molar refractivity (Wildman–Crippen MR) is 89.8 cm³/mol. The van der Waals surface area contributed by atoms with Gasteiger partial charge in [-0.1, -0.05) is 12.1 Å². The first kappa shape index (κ1) is 15.1. The molecule has 1 amide bonds.